The molecule has 0 aliphatic heterocycles. The summed E-state index contributed by atoms with van der Waals surface area (Å²) in [7, 11) is 0. The van der Waals surface area contributed by atoms with E-state index in [-0.39, 0.29) is 5.92 Å². The van der Waals surface area contributed by atoms with Crippen LogP contribution in [0.2, 0.25) is 0 Å². The van der Waals surface area contributed by atoms with E-state index in [0.717, 1.165) is 72.6 Å². The number of allylic oxidation sites excluding steroid dienone is 3. The first-order valence-corrected chi connectivity index (χ1v) is 33.1. The topological polar surface area (TPSA) is 34.0 Å². The molecule has 0 saturated carbocycles. The standard InChI is InChI=1S/C88H55FN4S/c89-53-58-50-72(70-28-10-19-37-82-83(70)71-29-11-18-36-81(71)93(82)59-20-2-1-3-21-59)84-85(91-94-90-84)86(58)92(60-44-38-54(39-45-60)56-42-48-68-66-26-8-16-34-77(66)87(79(68)51-56)73-30-12-4-22-62(73)63-23-5-13-31-74(63)87)61-46-40-55(41-47-61)57-43-49-69-67-27-9-17-35-78(67)88(80(69)52-57)75-32-14-6-24-64(75)65-25-7-15-33-76(65)88/h1-52,70H,53H2. The molecule has 6 heteroatoms. The van der Waals surface area contributed by atoms with Crippen LogP contribution < -0.4 is 4.90 Å². The maximum Gasteiger partial charge on any atom is 0.129 e. The van der Waals surface area contributed by atoms with Gasteiger partial charge in [-0.15, -0.1) is 0 Å². The van der Waals surface area contributed by atoms with Crippen molar-refractivity contribution in [1.29, 1.82) is 0 Å². The van der Waals surface area contributed by atoms with Gasteiger partial charge in [-0.2, -0.15) is 8.75 Å². The molecule has 5 aliphatic rings. The number of hydrogen-bond acceptors (Lipinski definition) is 4. The molecule has 0 amide bonds. The maximum atomic E-state index is 16.9. The van der Waals surface area contributed by atoms with E-state index in [9.17, 15) is 0 Å². The van der Waals surface area contributed by atoms with Crippen LogP contribution in [0.15, 0.2) is 309 Å². The van der Waals surface area contributed by atoms with E-state index in [0.29, 0.717) is 16.8 Å². The lowest BCUT2D eigenvalue weighted by molar-refractivity contribution is 0.486. The minimum absolute atomic E-state index is 0.270. The van der Waals surface area contributed by atoms with Crippen LogP contribution in [0.3, 0.4) is 0 Å². The zero-order valence-electron chi connectivity index (χ0n) is 50.9. The van der Waals surface area contributed by atoms with E-state index in [2.05, 4.69) is 325 Å². The third kappa shape index (κ3) is 7.15. The Labute approximate surface area is 548 Å². The molecule has 5 aliphatic carbocycles. The number of alkyl halides is 1. The minimum atomic E-state index is -0.729. The van der Waals surface area contributed by atoms with Gasteiger partial charge in [-0.25, -0.2) is 4.39 Å². The van der Waals surface area contributed by atoms with Gasteiger partial charge in [0.05, 0.1) is 39.5 Å². The largest absolute Gasteiger partial charge is 0.310 e. The number of halogens is 1. The molecule has 0 saturated heterocycles. The molecule has 2 heterocycles. The molecule has 1 atom stereocenters. The van der Waals surface area contributed by atoms with Crippen molar-refractivity contribution in [2.24, 2.45) is 0 Å². The smallest absolute Gasteiger partial charge is 0.129 e. The van der Waals surface area contributed by atoms with Crippen LogP contribution in [0.1, 0.15) is 72.8 Å². The molecule has 0 radical (unpaired) electrons. The fraction of sp³-hybridized carbons (Fsp3) is 0.0455. The van der Waals surface area contributed by atoms with Crippen LogP contribution in [0, 0.1) is 0 Å². The molecule has 440 valence electrons. The van der Waals surface area contributed by atoms with E-state index in [1.54, 1.807) is 0 Å². The monoisotopic (exact) mass is 1220 g/mol. The number of nitrogens with zero attached hydrogens (tertiary/aromatic N) is 4. The number of rotatable bonds is 8. The van der Waals surface area contributed by atoms with Crippen molar-refractivity contribution in [2.75, 3.05) is 4.90 Å². The van der Waals surface area contributed by atoms with E-state index in [1.807, 2.05) is 0 Å². The predicted molar refractivity (Wildman–Crippen MR) is 384 cm³/mol. The summed E-state index contributed by atoms with van der Waals surface area (Å²) in [4.78, 5) is 2.22. The third-order valence-corrected chi connectivity index (χ3v) is 21.7. The van der Waals surface area contributed by atoms with Crippen molar-refractivity contribution in [3.05, 3.63) is 376 Å². The molecule has 13 aromatic carbocycles. The van der Waals surface area contributed by atoms with Gasteiger partial charge in [0.2, 0.25) is 0 Å². The number of para-hydroxylation sites is 2. The molecule has 1 unspecified atom stereocenters. The summed E-state index contributed by atoms with van der Waals surface area (Å²) in [5.74, 6) is -0.270. The highest BCUT2D eigenvalue weighted by Gasteiger charge is 2.53. The minimum Gasteiger partial charge on any atom is -0.310 e. The first kappa shape index (κ1) is 53.1. The lowest BCUT2D eigenvalue weighted by Crippen LogP contribution is -2.25. The van der Waals surface area contributed by atoms with Gasteiger partial charge in [0.25, 0.3) is 0 Å². The molecule has 2 aromatic heterocycles. The summed E-state index contributed by atoms with van der Waals surface area (Å²) < 4.78 is 29.6. The summed E-state index contributed by atoms with van der Waals surface area (Å²) in [6, 6.07) is 107. The third-order valence-electron chi connectivity index (χ3n) is 21.2. The first-order chi connectivity index (χ1) is 46.6. The van der Waals surface area contributed by atoms with Gasteiger partial charge in [0.1, 0.15) is 17.7 Å². The van der Waals surface area contributed by atoms with Gasteiger partial charge in [-0.05, 0) is 189 Å². The second-order valence-electron chi connectivity index (χ2n) is 25.5. The lowest BCUT2D eigenvalue weighted by Gasteiger charge is -2.31. The summed E-state index contributed by atoms with van der Waals surface area (Å²) in [6.07, 6.45) is 8.68. The van der Waals surface area contributed by atoms with Gasteiger partial charge < -0.3 is 9.47 Å². The molecule has 94 heavy (non-hydrogen) atoms. The molecule has 20 rings (SSSR count). The highest BCUT2D eigenvalue weighted by atomic mass is 32.1. The Morgan fingerprint density at radius 1 is 0.394 bits per heavy atom. The Balaban J connectivity index is 0.748. The average Bonchev–Trinajstić information content (AvgIpc) is 1.52. The second kappa shape index (κ2) is 20.2. The van der Waals surface area contributed by atoms with Crippen LogP contribution in [-0.2, 0) is 17.5 Å². The highest BCUT2D eigenvalue weighted by Crippen LogP contribution is 2.65. The summed E-state index contributed by atoms with van der Waals surface area (Å²) in [5, 5.41) is 1.13. The Morgan fingerprint density at radius 2 is 0.809 bits per heavy atom. The molecule has 0 fully saturated rings. The molecule has 0 N–H and O–H groups in total. The van der Waals surface area contributed by atoms with Gasteiger partial charge in [-0.1, -0.05) is 249 Å². The Bertz CT molecular complexity index is 5390. The van der Waals surface area contributed by atoms with Gasteiger partial charge in [-0.3, -0.25) is 0 Å². The van der Waals surface area contributed by atoms with Gasteiger partial charge >= 0.3 is 0 Å². The van der Waals surface area contributed by atoms with Crippen LogP contribution in [0.25, 0.3) is 100 Å². The zero-order valence-corrected chi connectivity index (χ0v) is 51.7. The molecule has 2 spiro atoms. The summed E-state index contributed by atoms with van der Waals surface area (Å²) >= 11 is 1.18. The van der Waals surface area contributed by atoms with Crippen molar-refractivity contribution < 1.29 is 4.39 Å². The lowest BCUT2D eigenvalue weighted by atomic mass is 9.70. The zero-order chi connectivity index (χ0) is 61.8. The fourth-order valence-corrected chi connectivity index (χ4v) is 18.0. The van der Waals surface area contributed by atoms with Crippen LogP contribution >= 0.6 is 11.7 Å². The first-order valence-electron chi connectivity index (χ1n) is 32.4. The van der Waals surface area contributed by atoms with E-state index in [4.69, 9.17) is 8.75 Å². The van der Waals surface area contributed by atoms with Crippen molar-refractivity contribution >= 4 is 56.8 Å². The normalized spacial score (nSPS) is 14.9. The van der Waals surface area contributed by atoms with E-state index < -0.39 is 17.5 Å². The van der Waals surface area contributed by atoms with Crippen molar-refractivity contribution in [3.8, 4) is 72.4 Å². The molecule has 0 bridgehead atoms. The Morgan fingerprint density at radius 3 is 1.29 bits per heavy atom. The van der Waals surface area contributed by atoms with Crippen molar-refractivity contribution in [2.45, 2.75) is 23.4 Å². The Hall–Kier alpha value is -11.6. The Kier molecular flexibility index (Phi) is 11.4. The quantitative estimate of drug-likeness (QED) is 0.152. The molecule has 15 aromatic rings. The number of hydrogen-bond donors (Lipinski definition) is 0. The van der Waals surface area contributed by atoms with Crippen molar-refractivity contribution in [1.82, 2.24) is 13.3 Å². The SMILES string of the molecule is FCc1cc(C2C=CC=Cc3c2c2ccccc2n3-c2ccccc2)c2nsnc2c1N(c1ccc(-c2ccc3c(c2)C2(c4ccccc4-c4ccccc42)c2ccccc2-3)cc1)c1ccc(-c2ccc3c(c2)C2(c4ccccc4-c4ccccc42)c2ccccc2-3)cc1. The second-order valence-corrected chi connectivity index (χ2v) is 26.0. The number of fused-ring (bicyclic) bond motifs is 24. The molecule has 4 nitrogen and oxygen atoms in total. The number of anilines is 3. The van der Waals surface area contributed by atoms with Crippen LogP contribution in [-0.4, -0.2) is 13.3 Å². The highest BCUT2D eigenvalue weighted by molar-refractivity contribution is 7.00. The summed E-state index contributed by atoms with van der Waals surface area (Å²) in [5.41, 5.74) is 33.8. The summed E-state index contributed by atoms with van der Waals surface area (Å²) in [6.45, 7) is -0.729. The fourth-order valence-electron chi connectivity index (χ4n) is 17.5. The predicted octanol–water partition coefficient (Wildman–Crippen LogP) is 22.3. The van der Waals surface area contributed by atoms with E-state index >= 15 is 4.39 Å². The molecular formula is C88H55FN4S. The van der Waals surface area contributed by atoms with E-state index in [1.165, 1.54) is 101 Å². The maximum absolute atomic E-state index is 16.9. The van der Waals surface area contributed by atoms with Gasteiger partial charge in [0, 0.05) is 33.9 Å². The number of aromatic nitrogens is 3. The van der Waals surface area contributed by atoms with Crippen molar-refractivity contribution in [3.63, 3.8) is 0 Å². The average molecular weight is 1220 g/mol. The van der Waals surface area contributed by atoms with Gasteiger partial charge in [0.15, 0.2) is 0 Å². The number of benzene rings is 13. The van der Waals surface area contributed by atoms with Crippen LogP contribution in [0.4, 0.5) is 21.5 Å². The van der Waals surface area contributed by atoms with Crippen LogP contribution in [0.5, 0.6) is 0 Å². The molecular weight excluding hydrogens is 1160 g/mol.